The summed E-state index contributed by atoms with van der Waals surface area (Å²) in [4.78, 5) is -0.574. The van der Waals surface area contributed by atoms with E-state index < -0.39 is 27.3 Å². The molecule has 0 fully saturated rings. The normalized spacial score (nSPS) is 11.8. The first-order valence-electron chi connectivity index (χ1n) is 3.58. The van der Waals surface area contributed by atoms with Gasteiger partial charge >= 0.3 is 6.61 Å². The van der Waals surface area contributed by atoms with Crippen LogP contribution in [0.1, 0.15) is 0 Å². The smallest absolute Gasteiger partial charge is 0.387 e. The molecule has 1 aromatic carbocycles. The van der Waals surface area contributed by atoms with Crippen molar-refractivity contribution in [1.29, 1.82) is 0 Å². The number of benzene rings is 1. The highest BCUT2D eigenvalue weighted by Crippen LogP contribution is 2.32. The number of sulfonamides is 1. The SMILES string of the molecule is NS(=O)(=O)c1cccc(Cl)c1OC(F)F. The molecule has 1 aromatic rings. The molecule has 4 nitrogen and oxygen atoms in total. The van der Waals surface area contributed by atoms with Gasteiger partial charge in [-0.05, 0) is 12.1 Å². The van der Waals surface area contributed by atoms with Gasteiger partial charge in [-0.2, -0.15) is 8.78 Å². The van der Waals surface area contributed by atoms with Crippen LogP contribution in [0.5, 0.6) is 5.75 Å². The van der Waals surface area contributed by atoms with Gasteiger partial charge in [-0.15, -0.1) is 0 Å². The minimum atomic E-state index is -4.14. The second kappa shape index (κ2) is 4.30. The Bertz CT molecular complexity index is 463. The van der Waals surface area contributed by atoms with Crippen LogP contribution >= 0.6 is 11.6 Å². The summed E-state index contributed by atoms with van der Waals surface area (Å²) in [6, 6.07) is 3.51. The molecule has 0 spiro atoms. The van der Waals surface area contributed by atoms with E-state index >= 15 is 0 Å². The predicted octanol–water partition coefficient (Wildman–Crippen LogP) is 1.59. The minimum absolute atomic E-state index is 0.248. The molecule has 15 heavy (non-hydrogen) atoms. The molecule has 1 rings (SSSR count). The number of para-hydroxylation sites is 1. The van der Waals surface area contributed by atoms with Gasteiger partial charge in [-0.3, -0.25) is 0 Å². The topological polar surface area (TPSA) is 69.4 Å². The summed E-state index contributed by atoms with van der Waals surface area (Å²) in [5, 5.41) is 4.54. The van der Waals surface area contributed by atoms with Gasteiger partial charge in [-0.1, -0.05) is 17.7 Å². The summed E-state index contributed by atoms with van der Waals surface area (Å²) in [5.41, 5.74) is 0. The minimum Gasteiger partial charge on any atom is -0.432 e. The van der Waals surface area contributed by atoms with Crippen molar-refractivity contribution in [3.63, 3.8) is 0 Å². The van der Waals surface area contributed by atoms with E-state index in [0.29, 0.717) is 0 Å². The van der Waals surface area contributed by atoms with E-state index in [1.165, 1.54) is 12.1 Å². The van der Waals surface area contributed by atoms with Crippen LogP contribution in [0.15, 0.2) is 23.1 Å². The maximum atomic E-state index is 12.0. The Morgan fingerprint density at radius 1 is 1.40 bits per heavy atom. The van der Waals surface area contributed by atoms with Crippen LogP contribution in [0.4, 0.5) is 8.78 Å². The number of primary sulfonamides is 1. The van der Waals surface area contributed by atoms with Gasteiger partial charge < -0.3 is 4.74 Å². The van der Waals surface area contributed by atoms with Crippen LogP contribution in [0.3, 0.4) is 0 Å². The van der Waals surface area contributed by atoms with Crippen molar-refractivity contribution in [1.82, 2.24) is 0 Å². The summed E-state index contributed by atoms with van der Waals surface area (Å²) >= 11 is 5.50. The van der Waals surface area contributed by atoms with Crippen LogP contribution in [-0.2, 0) is 10.0 Å². The lowest BCUT2D eigenvalue weighted by molar-refractivity contribution is -0.0516. The fourth-order valence-corrected chi connectivity index (χ4v) is 1.88. The number of ether oxygens (including phenoxy) is 1. The third-order valence-electron chi connectivity index (χ3n) is 1.44. The summed E-state index contributed by atoms with van der Waals surface area (Å²) in [6.07, 6.45) is 0. The highest BCUT2D eigenvalue weighted by atomic mass is 35.5. The highest BCUT2D eigenvalue weighted by molar-refractivity contribution is 7.89. The van der Waals surface area contributed by atoms with Gasteiger partial charge in [0.2, 0.25) is 10.0 Å². The third kappa shape index (κ3) is 3.01. The number of hydrogen-bond acceptors (Lipinski definition) is 3. The number of alkyl halides is 2. The molecule has 0 bridgehead atoms. The Morgan fingerprint density at radius 3 is 2.47 bits per heavy atom. The van der Waals surface area contributed by atoms with Crippen LogP contribution in [0.2, 0.25) is 5.02 Å². The molecule has 0 radical (unpaired) electrons. The summed E-state index contributed by atoms with van der Waals surface area (Å²) < 4.78 is 49.8. The lowest BCUT2D eigenvalue weighted by atomic mass is 10.3. The Labute approximate surface area is 89.6 Å². The monoisotopic (exact) mass is 257 g/mol. The molecule has 0 unspecified atom stereocenters. The van der Waals surface area contributed by atoms with Crippen LogP contribution < -0.4 is 9.88 Å². The Morgan fingerprint density at radius 2 is 2.00 bits per heavy atom. The lowest BCUT2D eigenvalue weighted by Crippen LogP contribution is -2.15. The lowest BCUT2D eigenvalue weighted by Gasteiger charge is -2.10. The molecule has 0 saturated carbocycles. The molecule has 0 aliphatic heterocycles. The zero-order chi connectivity index (χ0) is 11.6. The van der Waals surface area contributed by atoms with Crippen molar-refractivity contribution < 1.29 is 21.9 Å². The van der Waals surface area contributed by atoms with Crippen molar-refractivity contribution in [3.8, 4) is 5.75 Å². The van der Waals surface area contributed by atoms with Gasteiger partial charge in [0.05, 0.1) is 5.02 Å². The maximum Gasteiger partial charge on any atom is 0.387 e. The molecule has 0 saturated heterocycles. The van der Waals surface area contributed by atoms with Gasteiger partial charge in [-0.25, -0.2) is 13.6 Å². The van der Waals surface area contributed by atoms with Gasteiger partial charge in [0.1, 0.15) is 4.90 Å². The van der Waals surface area contributed by atoms with Crippen molar-refractivity contribution in [2.24, 2.45) is 5.14 Å². The summed E-state index contributed by atoms with van der Waals surface area (Å²) in [5.74, 6) is -0.642. The Hall–Kier alpha value is -0.920. The van der Waals surface area contributed by atoms with E-state index in [2.05, 4.69) is 4.74 Å². The molecule has 0 aliphatic rings. The second-order valence-electron chi connectivity index (χ2n) is 2.49. The predicted molar refractivity (Wildman–Crippen MR) is 49.5 cm³/mol. The largest absolute Gasteiger partial charge is 0.432 e. The average molecular weight is 258 g/mol. The number of halogens is 3. The van der Waals surface area contributed by atoms with E-state index in [4.69, 9.17) is 16.7 Å². The molecule has 0 aliphatic carbocycles. The highest BCUT2D eigenvalue weighted by Gasteiger charge is 2.20. The van der Waals surface area contributed by atoms with Crippen LogP contribution in [-0.4, -0.2) is 15.0 Å². The van der Waals surface area contributed by atoms with Crippen molar-refractivity contribution in [2.75, 3.05) is 0 Å². The van der Waals surface area contributed by atoms with Crippen LogP contribution in [0.25, 0.3) is 0 Å². The zero-order valence-corrected chi connectivity index (χ0v) is 8.73. The first-order chi connectivity index (χ1) is 6.82. The molecule has 0 amide bonds. The van der Waals surface area contributed by atoms with Crippen LogP contribution in [0, 0.1) is 0 Å². The van der Waals surface area contributed by atoms with Crippen molar-refractivity contribution in [2.45, 2.75) is 11.5 Å². The van der Waals surface area contributed by atoms with Crippen molar-refractivity contribution in [3.05, 3.63) is 23.2 Å². The average Bonchev–Trinajstić information content (AvgIpc) is 2.05. The fraction of sp³-hybridized carbons (Fsp3) is 0.143. The van der Waals surface area contributed by atoms with Gasteiger partial charge in [0.15, 0.2) is 5.75 Å². The summed E-state index contributed by atoms with van der Waals surface area (Å²) in [7, 11) is -4.14. The molecule has 84 valence electrons. The van der Waals surface area contributed by atoms with E-state index in [0.717, 1.165) is 6.07 Å². The quantitative estimate of drug-likeness (QED) is 0.894. The number of hydrogen-bond donors (Lipinski definition) is 1. The molecular weight excluding hydrogens is 252 g/mol. The first kappa shape index (κ1) is 12.2. The van der Waals surface area contributed by atoms with E-state index in [1.807, 2.05) is 0 Å². The maximum absolute atomic E-state index is 12.0. The molecular formula is C7H6ClF2NO3S. The summed E-state index contributed by atoms with van der Waals surface area (Å²) in [6.45, 7) is -3.18. The second-order valence-corrected chi connectivity index (χ2v) is 4.43. The Balaban J connectivity index is 3.33. The zero-order valence-electron chi connectivity index (χ0n) is 7.15. The molecule has 0 heterocycles. The molecule has 0 aromatic heterocycles. The molecule has 0 atom stereocenters. The number of nitrogens with two attached hydrogens (primary N) is 1. The fourth-order valence-electron chi connectivity index (χ4n) is 0.917. The number of rotatable bonds is 3. The molecule has 2 N–H and O–H groups in total. The standard InChI is InChI=1S/C7H6ClF2NO3S/c8-4-2-1-3-5(15(11,12)13)6(4)14-7(9)10/h1-3,7H,(H2,11,12,13). The van der Waals surface area contributed by atoms with E-state index in [-0.39, 0.29) is 5.02 Å². The first-order valence-corrected chi connectivity index (χ1v) is 5.51. The van der Waals surface area contributed by atoms with E-state index in [1.54, 1.807) is 0 Å². The van der Waals surface area contributed by atoms with Crippen molar-refractivity contribution >= 4 is 21.6 Å². The molecule has 8 heteroatoms. The van der Waals surface area contributed by atoms with E-state index in [9.17, 15) is 17.2 Å². The Kier molecular flexibility index (Phi) is 3.48. The van der Waals surface area contributed by atoms with Gasteiger partial charge in [0.25, 0.3) is 0 Å². The third-order valence-corrected chi connectivity index (χ3v) is 2.68. The van der Waals surface area contributed by atoms with Gasteiger partial charge in [0, 0.05) is 0 Å².